The fourth-order valence-corrected chi connectivity index (χ4v) is 7.82. The molecule has 0 fully saturated rings. The zero-order chi connectivity index (χ0) is 27.4. The summed E-state index contributed by atoms with van der Waals surface area (Å²) >= 11 is 0. The lowest BCUT2D eigenvalue weighted by Crippen LogP contribution is -2.33. The predicted molar refractivity (Wildman–Crippen MR) is 170 cm³/mol. The minimum absolute atomic E-state index is 0.466. The molecule has 0 saturated heterocycles. The van der Waals surface area contributed by atoms with Crippen molar-refractivity contribution in [1.82, 2.24) is 14.5 Å². The number of benzene rings is 6. The van der Waals surface area contributed by atoms with Gasteiger partial charge in [0.25, 0.3) is 0 Å². The molecule has 194 valence electrons. The van der Waals surface area contributed by atoms with Gasteiger partial charge in [0.1, 0.15) is 0 Å². The van der Waals surface area contributed by atoms with Crippen molar-refractivity contribution in [2.45, 2.75) is 5.41 Å². The quantitative estimate of drug-likeness (QED) is 0.211. The molecule has 3 heteroatoms. The van der Waals surface area contributed by atoms with E-state index in [1.807, 2.05) is 30.5 Å². The molecule has 0 radical (unpaired) electrons. The number of aromatic nitrogens is 3. The average molecular weight is 534 g/mol. The molecule has 10 rings (SSSR count). The van der Waals surface area contributed by atoms with Gasteiger partial charge in [-0.25, -0.2) is 4.98 Å². The molecule has 1 spiro atoms. The van der Waals surface area contributed by atoms with E-state index in [1.54, 1.807) is 0 Å². The van der Waals surface area contributed by atoms with Crippen molar-refractivity contribution in [2.75, 3.05) is 0 Å². The van der Waals surface area contributed by atoms with E-state index in [4.69, 9.17) is 9.97 Å². The third-order valence-electron chi connectivity index (χ3n) is 9.44. The van der Waals surface area contributed by atoms with Crippen molar-refractivity contribution >= 4 is 32.8 Å². The summed E-state index contributed by atoms with van der Waals surface area (Å²) in [6, 6.07) is 48.6. The summed E-state index contributed by atoms with van der Waals surface area (Å²) in [5.74, 6) is 0. The molecular weight excluding hydrogens is 510 g/mol. The van der Waals surface area contributed by atoms with Crippen molar-refractivity contribution in [3.8, 4) is 28.1 Å². The molecule has 0 N–H and O–H groups in total. The molecule has 1 atom stereocenters. The molecular formula is C39H23N3. The van der Waals surface area contributed by atoms with Crippen LogP contribution in [0.2, 0.25) is 0 Å². The minimum atomic E-state index is -0.466. The topological polar surface area (TPSA) is 30.7 Å². The van der Waals surface area contributed by atoms with Crippen LogP contribution in [0.4, 0.5) is 0 Å². The number of rotatable bonds is 1. The first-order valence-electron chi connectivity index (χ1n) is 14.4. The van der Waals surface area contributed by atoms with Crippen molar-refractivity contribution in [3.05, 3.63) is 162 Å². The van der Waals surface area contributed by atoms with Crippen LogP contribution in [-0.2, 0) is 5.41 Å². The highest BCUT2D eigenvalue weighted by atomic mass is 15.0. The molecule has 0 bridgehead atoms. The Hall–Kier alpha value is -5.54. The second-order valence-electron chi connectivity index (χ2n) is 11.4. The summed E-state index contributed by atoms with van der Waals surface area (Å²) in [6.07, 6.45) is 1.91. The smallest absolute Gasteiger partial charge is 0.0894 e. The van der Waals surface area contributed by atoms with Crippen LogP contribution in [0.15, 0.2) is 140 Å². The summed E-state index contributed by atoms with van der Waals surface area (Å²) in [5.41, 5.74) is 14.9. The van der Waals surface area contributed by atoms with Gasteiger partial charge in [-0.2, -0.15) is 0 Å². The van der Waals surface area contributed by atoms with E-state index in [0.29, 0.717) is 0 Å². The lowest BCUT2D eigenvalue weighted by molar-refractivity contribution is 0.748. The van der Waals surface area contributed by atoms with Crippen LogP contribution in [0.3, 0.4) is 0 Å². The van der Waals surface area contributed by atoms with Gasteiger partial charge in [0.15, 0.2) is 0 Å². The molecule has 0 amide bonds. The molecule has 6 aromatic carbocycles. The highest BCUT2D eigenvalue weighted by molar-refractivity contribution is 6.12. The maximum atomic E-state index is 5.03. The van der Waals surface area contributed by atoms with Crippen molar-refractivity contribution in [1.29, 1.82) is 0 Å². The number of para-hydroxylation sites is 5. The van der Waals surface area contributed by atoms with Crippen LogP contribution >= 0.6 is 0 Å². The van der Waals surface area contributed by atoms with Crippen LogP contribution in [0.1, 0.15) is 22.3 Å². The van der Waals surface area contributed by atoms with Gasteiger partial charge in [-0.3, -0.25) is 4.98 Å². The Bertz CT molecular complexity index is 2430. The van der Waals surface area contributed by atoms with Gasteiger partial charge in [-0.05, 0) is 63.7 Å². The van der Waals surface area contributed by atoms with Gasteiger partial charge in [0.2, 0.25) is 0 Å². The normalized spacial score (nSPS) is 16.2. The van der Waals surface area contributed by atoms with Gasteiger partial charge in [-0.15, -0.1) is 0 Å². The Morgan fingerprint density at radius 1 is 0.524 bits per heavy atom. The first kappa shape index (κ1) is 22.2. The standard InChI is InChI=1S/C39H23N3/c1-3-13-29-25(10-1)26-21-20-24(35-23-40-33-16-5-6-17-34(33)41-35)22-32(26)39(29)30-14-4-8-19-37(30)42-36-18-7-2-11-27(36)28-12-9-15-31(39)38(28)42/h1-23H. The van der Waals surface area contributed by atoms with Crippen LogP contribution in [0, 0.1) is 0 Å². The van der Waals surface area contributed by atoms with E-state index in [-0.39, 0.29) is 0 Å². The third-order valence-corrected chi connectivity index (χ3v) is 9.44. The fourth-order valence-electron chi connectivity index (χ4n) is 7.82. The number of fused-ring (bicyclic) bond motifs is 13. The monoisotopic (exact) mass is 533 g/mol. The molecule has 2 aliphatic rings. The first-order valence-corrected chi connectivity index (χ1v) is 14.4. The highest BCUT2D eigenvalue weighted by Gasteiger charge is 2.50. The van der Waals surface area contributed by atoms with Gasteiger partial charge in [0.05, 0.1) is 45.1 Å². The first-order chi connectivity index (χ1) is 20.8. The Balaban J connectivity index is 1.37. The van der Waals surface area contributed by atoms with E-state index in [9.17, 15) is 0 Å². The Morgan fingerprint density at radius 3 is 2.19 bits per heavy atom. The Morgan fingerprint density at radius 2 is 1.24 bits per heavy atom. The van der Waals surface area contributed by atoms with E-state index in [0.717, 1.165) is 22.3 Å². The van der Waals surface area contributed by atoms with E-state index in [1.165, 1.54) is 60.9 Å². The van der Waals surface area contributed by atoms with Crippen LogP contribution < -0.4 is 0 Å². The Labute approximate surface area is 242 Å². The summed E-state index contributed by atoms with van der Waals surface area (Å²) in [6.45, 7) is 0. The lowest BCUT2D eigenvalue weighted by Gasteiger charge is -2.39. The maximum absolute atomic E-state index is 5.03. The fraction of sp³-hybridized carbons (Fsp3) is 0.0256. The molecule has 0 saturated carbocycles. The van der Waals surface area contributed by atoms with Gasteiger partial charge < -0.3 is 4.57 Å². The summed E-state index contributed by atoms with van der Waals surface area (Å²) in [4.78, 5) is 9.78. The zero-order valence-corrected chi connectivity index (χ0v) is 22.6. The molecule has 3 heterocycles. The lowest BCUT2D eigenvalue weighted by atomic mass is 9.65. The molecule has 3 nitrogen and oxygen atoms in total. The largest absolute Gasteiger partial charge is 0.309 e. The minimum Gasteiger partial charge on any atom is -0.309 e. The van der Waals surface area contributed by atoms with Gasteiger partial charge >= 0.3 is 0 Å². The number of nitrogens with zero attached hydrogens (tertiary/aromatic N) is 3. The second-order valence-corrected chi connectivity index (χ2v) is 11.4. The van der Waals surface area contributed by atoms with Crippen molar-refractivity contribution < 1.29 is 0 Å². The van der Waals surface area contributed by atoms with Crippen molar-refractivity contribution in [2.24, 2.45) is 0 Å². The summed E-state index contributed by atoms with van der Waals surface area (Å²) in [7, 11) is 0. The third kappa shape index (κ3) is 2.57. The highest BCUT2D eigenvalue weighted by Crippen LogP contribution is 2.61. The van der Waals surface area contributed by atoms with Crippen LogP contribution in [-0.4, -0.2) is 14.5 Å². The number of hydrogen-bond acceptors (Lipinski definition) is 2. The average Bonchev–Trinajstić information content (AvgIpc) is 3.55. The molecule has 2 aromatic heterocycles. The summed E-state index contributed by atoms with van der Waals surface area (Å²) in [5, 5.41) is 2.58. The molecule has 42 heavy (non-hydrogen) atoms. The molecule has 8 aromatic rings. The van der Waals surface area contributed by atoms with Crippen LogP contribution in [0.25, 0.3) is 60.9 Å². The molecule has 1 aliphatic carbocycles. The molecule has 1 unspecified atom stereocenters. The maximum Gasteiger partial charge on any atom is 0.0894 e. The van der Waals surface area contributed by atoms with Gasteiger partial charge in [-0.1, -0.05) is 103 Å². The number of hydrogen-bond donors (Lipinski definition) is 0. The second kappa shape index (κ2) is 7.80. The van der Waals surface area contributed by atoms with E-state index < -0.39 is 5.41 Å². The van der Waals surface area contributed by atoms with E-state index >= 15 is 0 Å². The summed E-state index contributed by atoms with van der Waals surface area (Å²) < 4.78 is 2.49. The SMILES string of the molecule is c1ccc2c(c1)-c1ccc(-c3cnc4ccccc4n3)cc1C21c2ccccc2-n2c3ccccc3c3cccc1c32. The van der Waals surface area contributed by atoms with Crippen molar-refractivity contribution in [3.63, 3.8) is 0 Å². The zero-order valence-electron chi connectivity index (χ0n) is 22.6. The van der Waals surface area contributed by atoms with Gasteiger partial charge in [0, 0.05) is 16.3 Å². The Kier molecular flexibility index (Phi) is 4.12. The van der Waals surface area contributed by atoms with E-state index in [2.05, 4.69) is 114 Å². The van der Waals surface area contributed by atoms with Crippen LogP contribution in [0.5, 0.6) is 0 Å². The molecule has 1 aliphatic heterocycles. The predicted octanol–water partition coefficient (Wildman–Crippen LogP) is 9.07.